The Morgan fingerprint density at radius 1 is 1.11 bits per heavy atom. The van der Waals surface area contributed by atoms with Crippen molar-refractivity contribution in [2.75, 3.05) is 18.2 Å². The molecule has 2 unspecified atom stereocenters. The molecule has 0 bridgehead atoms. The molecule has 1 fully saturated rings. The van der Waals surface area contributed by atoms with E-state index in [2.05, 4.69) is 17.4 Å². The van der Waals surface area contributed by atoms with Gasteiger partial charge in [0.15, 0.2) is 11.5 Å². The quantitative estimate of drug-likeness (QED) is 0.892. The SMILES string of the molecule is O=C(NC1CCCc2ccccc21)C1CC(=O)N(c2ccc3c(c2)OCO3)C1. The van der Waals surface area contributed by atoms with E-state index in [9.17, 15) is 9.59 Å². The maximum Gasteiger partial charge on any atom is 0.231 e. The Labute approximate surface area is 163 Å². The van der Waals surface area contributed by atoms with Gasteiger partial charge in [0.05, 0.1) is 12.0 Å². The highest BCUT2D eigenvalue weighted by molar-refractivity contribution is 6.00. The van der Waals surface area contributed by atoms with Crippen LogP contribution in [0.3, 0.4) is 0 Å². The van der Waals surface area contributed by atoms with E-state index in [0.717, 1.165) is 24.9 Å². The second-order valence-corrected chi connectivity index (χ2v) is 7.60. The van der Waals surface area contributed by atoms with Gasteiger partial charge in [-0.05, 0) is 42.5 Å². The number of amides is 2. The van der Waals surface area contributed by atoms with E-state index in [0.29, 0.717) is 18.0 Å². The number of hydrogen-bond acceptors (Lipinski definition) is 4. The van der Waals surface area contributed by atoms with Crippen LogP contribution in [0.2, 0.25) is 0 Å². The van der Waals surface area contributed by atoms with Crippen molar-refractivity contribution in [2.45, 2.75) is 31.7 Å². The summed E-state index contributed by atoms with van der Waals surface area (Å²) in [6, 6.07) is 13.8. The number of nitrogens with zero attached hydrogens (tertiary/aromatic N) is 1. The summed E-state index contributed by atoms with van der Waals surface area (Å²) in [5.41, 5.74) is 3.26. The highest BCUT2D eigenvalue weighted by atomic mass is 16.7. The molecule has 0 radical (unpaired) electrons. The highest BCUT2D eigenvalue weighted by Gasteiger charge is 2.36. The van der Waals surface area contributed by atoms with Crippen LogP contribution >= 0.6 is 0 Å². The summed E-state index contributed by atoms with van der Waals surface area (Å²) in [6.07, 6.45) is 3.29. The van der Waals surface area contributed by atoms with Gasteiger partial charge in [0, 0.05) is 24.7 Å². The van der Waals surface area contributed by atoms with Gasteiger partial charge in [0.25, 0.3) is 0 Å². The minimum Gasteiger partial charge on any atom is -0.454 e. The molecule has 0 saturated carbocycles. The molecule has 0 spiro atoms. The highest BCUT2D eigenvalue weighted by Crippen LogP contribution is 2.37. The van der Waals surface area contributed by atoms with Gasteiger partial charge >= 0.3 is 0 Å². The first-order valence-electron chi connectivity index (χ1n) is 9.77. The third-order valence-electron chi connectivity index (χ3n) is 5.85. The van der Waals surface area contributed by atoms with E-state index >= 15 is 0 Å². The summed E-state index contributed by atoms with van der Waals surface area (Å²) in [7, 11) is 0. The lowest BCUT2D eigenvalue weighted by Crippen LogP contribution is -2.36. The van der Waals surface area contributed by atoms with Crippen LogP contribution in [0.15, 0.2) is 42.5 Å². The van der Waals surface area contributed by atoms with Crippen LogP contribution in [-0.4, -0.2) is 25.2 Å². The monoisotopic (exact) mass is 378 g/mol. The number of fused-ring (bicyclic) bond motifs is 2. The number of carbonyl (C=O) groups is 2. The van der Waals surface area contributed by atoms with Crippen LogP contribution in [0.4, 0.5) is 5.69 Å². The number of aryl methyl sites for hydroxylation is 1. The summed E-state index contributed by atoms with van der Waals surface area (Å²) < 4.78 is 10.7. The lowest BCUT2D eigenvalue weighted by molar-refractivity contribution is -0.127. The van der Waals surface area contributed by atoms with Crippen LogP contribution in [0.25, 0.3) is 0 Å². The number of anilines is 1. The van der Waals surface area contributed by atoms with Crippen LogP contribution < -0.4 is 19.7 Å². The summed E-state index contributed by atoms with van der Waals surface area (Å²) in [5, 5.41) is 3.19. The lowest BCUT2D eigenvalue weighted by atomic mass is 9.87. The lowest BCUT2D eigenvalue weighted by Gasteiger charge is -2.27. The Morgan fingerprint density at radius 3 is 2.89 bits per heavy atom. The molecule has 2 atom stereocenters. The van der Waals surface area contributed by atoms with Gasteiger partial charge in [-0.25, -0.2) is 0 Å². The smallest absolute Gasteiger partial charge is 0.231 e. The van der Waals surface area contributed by atoms with Crippen molar-refractivity contribution < 1.29 is 19.1 Å². The fourth-order valence-electron chi connectivity index (χ4n) is 4.38. The summed E-state index contributed by atoms with van der Waals surface area (Å²) in [6.45, 7) is 0.583. The van der Waals surface area contributed by atoms with Gasteiger partial charge in [0.2, 0.25) is 18.6 Å². The first kappa shape index (κ1) is 17.1. The van der Waals surface area contributed by atoms with Crippen LogP contribution in [0, 0.1) is 5.92 Å². The Morgan fingerprint density at radius 2 is 1.96 bits per heavy atom. The maximum atomic E-state index is 12.9. The van der Waals surface area contributed by atoms with Crippen molar-refractivity contribution in [3.8, 4) is 11.5 Å². The molecule has 2 amide bonds. The summed E-state index contributed by atoms with van der Waals surface area (Å²) >= 11 is 0. The molecule has 144 valence electrons. The molecule has 2 aromatic carbocycles. The first-order valence-corrected chi connectivity index (χ1v) is 9.77. The van der Waals surface area contributed by atoms with Crippen LogP contribution in [-0.2, 0) is 16.0 Å². The average molecular weight is 378 g/mol. The van der Waals surface area contributed by atoms with E-state index in [4.69, 9.17) is 9.47 Å². The second-order valence-electron chi connectivity index (χ2n) is 7.60. The number of carbonyl (C=O) groups excluding carboxylic acids is 2. The van der Waals surface area contributed by atoms with Crippen molar-refractivity contribution in [1.29, 1.82) is 0 Å². The molecule has 1 saturated heterocycles. The second kappa shape index (κ2) is 6.86. The van der Waals surface area contributed by atoms with Gasteiger partial charge in [-0.1, -0.05) is 24.3 Å². The fourth-order valence-corrected chi connectivity index (χ4v) is 4.38. The number of ether oxygens (including phenoxy) is 2. The predicted molar refractivity (Wildman–Crippen MR) is 103 cm³/mol. The molecule has 2 heterocycles. The van der Waals surface area contributed by atoms with Crippen LogP contribution in [0.1, 0.15) is 36.4 Å². The molecule has 0 aromatic heterocycles. The Balaban J connectivity index is 1.29. The van der Waals surface area contributed by atoms with Crippen molar-refractivity contribution in [2.24, 2.45) is 5.92 Å². The van der Waals surface area contributed by atoms with E-state index < -0.39 is 0 Å². The fraction of sp³-hybridized carbons (Fsp3) is 0.364. The third-order valence-corrected chi connectivity index (χ3v) is 5.85. The van der Waals surface area contributed by atoms with E-state index in [1.807, 2.05) is 18.2 Å². The molecule has 2 aliphatic heterocycles. The van der Waals surface area contributed by atoms with Gasteiger partial charge in [-0.2, -0.15) is 0 Å². The predicted octanol–water partition coefficient (Wildman–Crippen LogP) is 2.96. The van der Waals surface area contributed by atoms with Crippen molar-refractivity contribution in [3.63, 3.8) is 0 Å². The van der Waals surface area contributed by atoms with Crippen molar-refractivity contribution in [3.05, 3.63) is 53.6 Å². The molecule has 6 heteroatoms. The molecular weight excluding hydrogens is 356 g/mol. The molecule has 2 aromatic rings. The Bertz CT molecular complexity index is 942. The third kappa shape index (κ3) is 2.99. The number of hydrogen-bond donors (Lipinski definition) is 1. The van der Waals surface area contributed by atoms with Gasteiger partial charge in [-0.15, -0.1) is 0 Å². The minimum absolute atomic E-state index is 0.0344. The maximum absolute atomic E-state index is 12.9. The number of benzene rings is 2. The zero-order chi connectivity index (χ0) is 19.1. The average Bonchev–Trinajstić information content (AvgIpc) is 3.34. The first-order chi connectivity index (χ1) is 13.7. The van der Waals surface area contributed by atoms with Gasteiger partial charge in [0.1, 0.15) is 0 Å². The van der Waals surface area contributed by atoms with Crippen LogP contribution in [0.5, 0.6) is 11.5 Å². The largest absolute Gasteiger partial charge is 0.454 e. The zero-order valence-electron chi connectivity index (χ0n) is 15.5. The van der Waals surface area contributed by atoms with E-state index in [-0.39, 0.29) is 37.0 Å². The van der Waals surface area contributed by atoms with Crippen molar-refractivity contribution in [1.82, 2.24) is 5.32 Å². The molecule has 6 nitrogen and oxygen atoms in total. The normalized spacial score (nSPS) is 22.9. The molecule has 1 N–H and O–H groups in total. The molecular formula is C22H22N2O4. The summed E-state index contributed by atoms with van der Waals surface area (Å²) in [5.74, 6) is 0.894. The Kier molecular flexibility index (Phi) is 4.19. The minimum atomic E-state index is -0.341. The summed E-state index contributed by atoms with van der Waals surface area (Å²) in [4.78, 5) is 27.1. The van der Waals surface area contributed by atoms with Gasteiger partial charge < -0.3 is 19.7 Å². The zero-order valence-corrected chi connectivity index (χ0v) is 15.5. The molecule has 3 aliphatic rings. The van der Waals surface area contributed by atoms with Crippen molar-refractivity contribution >= 4 is 17.5 Å². The molecule has 5 rings (SSSR count). The van der Waals surface area contributed by atoms with E-state index in [1.165, 1.54) is 11.1 Å². The number of nitrogens with one attached hydrogen (secondary N) is 1. The molecule has 28 heavy (non-hydrogen) atoms. The molecule has 1 aliphatic carbocycles. The Hall–Kier alpha value is -3.02. The topological polar surface area (TPSA) is 67.9 Å². The van der Waals surface area contributed by atoms with Gasteiger partial charge in [-0.3, -0.25) is 9.59 Å². The standard InChI is InChI=1S/C22H22N2O4/c25-21-10-15(12-24(21)16-8-9-19-20(11-16)28-13-27-19)22(26)23-18-7-3-5-14-4-1-2-6-17(14)18/h1-2,4,6,8-9,11,15,18H,3,5,7,10,12-13H2,(H,23,26). The van der Waals surface area contributed by atoms with E-state index in [1.54, 1.807) is 17.0 Å². The number of rotatable bonds is 3.